The summed E-state index contributed by atoms with van der Waals surface area (Å²) in [5.74, 6) is -0.497. The van der Waals surface area contributed by atoms with Crippen molar-refractivity contribution in [1.29, 1.82) is 0 Å². The van der Waals surface area contributed by atoms with Crippen molar-refractivity contribution in [3.63, 3.8) is 0 Å². The van der Waals surface area contributed by atoms with Gasteiger partial charge in [0, 0.05) is 5.56 Å². The number of carbonyl (C=O) groups excluding carboxylic acids is 2. The Morgan fingerprint density at radius 3 is 2.46 bits per heavy atom. The van der Waals surface area contributed by atoms with E-state index < -0.39 is 0 Å². The summed E-state index contributed by atoms with van der Waals surface area (Å²) < 4.78 is 5.70. The molecule has 26 heavy (non-hydrogen) atoms. The number of fused-ring (bicyclic) bond motifs is 1. The summed E-state index contributed by atoms with van der Waals surface area (Å²) >= 11 is 0. The molecule has 1 aliphatic heterocycles. The fraction of sp³-hybridized carbons (Fsp3) is 0.400. The number of nitrogens with one attached hydrogen (secondary N) is 3. The fourth-order valence-electron chi connectivity index (χ4n) is 3.48. The van der Waals surface area contributed by atoms with Crippen LogP contribution in [0.15, 0.2) is 42.5 Å². The Morgan fingerprint density at radius 1 is 1.04 bits per heavy atom. The van der Waals surface area contributed by atoms with Gasteiger partial charge in [0.05, 0.1) is 13.0 Å². The standard InChI is InChI=1S/C20H25N3O3/c1-14-12-23(13-15(2)26-14)10-9-19(24)21-22-20(25)18-8-7-16-5-3-4-6-17(16)11-18/h3-8,11,14-15H,9-10,12-13H2,1-2H3,(H,21,24)(H,22,25)/p+1/t14-,15+. The van der Waals surface area contributed by atoms with Crippen LogP contribution >= 0.6 is 0 Å². The molecule has 138 valence electrons. The molecule has 0 aromatic heterocycles. The Balaban J connectivity index is 1.46. The maximum atomic E-state index is 12.2. The maximum Gasteiger partial charge on any atom is 0.269 e. The van der Waals surface area contributed by atoms with E-state index in [2.05, 4.69) is 24.7 Å². The Labute approximate surface area is 153 Å². The van der Waals surface area contributed by atoms with Gasteiger partial charge in [-0.15, -0.1) is 0 Å². The van der Waals surface area contributed by atoms with Crippen molar-refractivity contribution in [3.05, 3.63) is 48.0 Å². The summed E-state index contributed by atoms with van der Waals surface area (Å²) in [7, 11) is 0. The molecular weight excluding hydrogens is 330 g/mol. The number of carbonyl (C=O) groups is 2. The first-order valence-corrected chi connectivity index (χ1v) is 9.08. The Kier molecular flexibility index (Phi) is 5.85. The quantitative estimate of drug-likeness (QED) is 0.706. The average Bonchev–Trinajstić information content (AvgIpc) is 2.63. The van der Waals surface area contributed by atoms with Crippen molar-refractivity contribution in [2.24, 2.45) is 0 Å². The minimum atomic E-state index is -0.315. The van der Waals surface area contributed by atoms with Gasteiger partial charge in [0.15, 0.2) is 0 Å². The van der Waals surface area contributed by atoms with E-state index in [1.165, 1.54) is 4.90 Å². The molecule has 6 nitrogen and oxygen atoms in total. The summed E-state index contributed by atoms with van der Waals surface area (Å²) in [6.45, 7) is 6.65. The molecule has 1 aliphatic rings. The number of quaternary nitrogens is 1. The number of benzene rings is 2. The van der Waals surface area contributed by atoms with E-state index in [4.69, 9.17) is 4.74 Å². The van der Waals surface area contributed by atoms with Crippen LogP contribution in [-0.4, -0.2) is 43.7 Å². The zero-order chi connectivity index (χ0) is 18.5. The number of rotatable bonds is 4. The second kappa shape index (κ2) is 8.29. The molecule has 3 N–H and O–H groups in total. The predicted octanol–water partition coefficient (Wildman–Crippen LogP) is 0.683. The number of hydrazine groups is 1. The lowest BCUT2D eigenvalue weighted by Crippen LogP contribution is -3.15. The maximum absolute atomic E-state index is 12.2. The lowest BCUT2D eigenvalue weighted by molar-refractivity contribution is -0.914. The number of morpholine rings is 1. The normalized spacial score (nSPS) is 22.8. The molecule has 1 fully saturated rings. The summed E-state index contributed by atoms with van der Waals surface area (Å²) in [6.07, 6.45) is 0.793. The van der Waals surface area contributed by atoms with Crippen molar-refractivity contribution in [1.82, 2.24) is 10.9 Å². The number of hydrogen-bond donors (Lipinski definition) is 3. The first-order chi connectivity index (χ1) is 12.5. The van der Waals surface area contributed by atoms with Crippen molar-refractivity contribution < 1.29 is 19.2 Å². The van der Waals surface area contributed by atoms with Crippen molar-refractivity contribution >= 4 is 22.6 Å². The molecular formula is C20H26N3O3+. The third-order valence-electron chi connectivity index (χ3n) is 4.65. The Morgan fingerprint density at radius 2 is 1.73 bits per heavy atom. The van der Waals surface area contributed by atoms with Crippen LogP contribution in [-0.2, 0) is 9.53 Å². The van der Waals surface area contributed by atoms with Crippen molar-refractivity contribution in [2.45, 2.75) is 32.5 Å². The van der Waals surface area contributed by atoms with Gasteiger partial charge in [-0.2, -0.15) is 0 Å². The van der Waals surface area contributed by atoms with Gasteiger partial charge in [0.2, 0.25) is 5.91 Å². The molecule has 2 aromatic rings. The van der Waals surface area contributed by atoms with Crippen LogP contribution in [0.1, 0.15) is 30.6 Å². The molecule has 0 saturated carbocycles. The number of amides is 2. The Hall–Kier alpha value is -2.44. The molecule has 3 atom stereocenters. The third-order valence-corrected chi connectivity index (χ3v) is 4.65. The Bertz CT molecular complexity index is 783. The smallest absolute Gasteiger partial charge is 0.269 e. The monoisotopic (exact) mass is 356 g/mol. The van der Waals surface area contributed by atoms with Crippen LogP contribution in [0.4, 0.5) is 0 Å². The van der Waals surface area contributed by atoms with E-state index in [1.54, 1.807) is 6.07 Å². The largest absolute Gasteiger partial charge is 0.364 e. The van der Waals surface area contributed by atoms with Gasteiger partial charge in [0.1, 0.15) is 25.3 Å². The summed E-state index contributed by atoms with van der Waals surface area (Å²) in [5.41, 5.74) is 5.52. The van der Waals surface area contributed by atoms with E-state index in [1.807, 2.05) is 36.4 Å². The zero-order valence-corrected chi connectivity index (χ0v) is 15.2. The molecule has 3 rings (SSSR count). The van der Waals surface area contributed by atoms with E-state index in [0.29, 0.717) is 12.0 Å². The van der Waals surface area contributed by atoms with Gasteiger partial charge in [-0.1, -0.05) is 30.3 Å². The number of hydrogen-bond acceptors (Lipinski definition) is 3. The van der Waals surface area contributed by atoms with E-state index >= 15 is 0 Å². The topological polar surface area (TPSA) is 71.9 Å². The highest BCUT2D eigenvalue weighted by Crippen LogP contribution is 2.15. The molecule has 0 radical (unpaired) electrons. The van der Waals surface area contributed by atoms with E-state index in [0.717, 1.165) is 30.4 Å². The van der Waals surface area contributed by atoms with Crippen molar-refractivity contribution in [2.75, 3.05) is 19.6 Å². The highest BCUT2D eigenvalue weighted by molar-refractivity contribution is 5.99. The molecule has 6 heteroatoms. The van der Waals surface area contributed by atoms with Crippen LogP contribution in [0.5, 0.6) is 0 Å². The predicted molar refractivity (Wildman–Crippen MR) is 99.7 cm³/mol. The van der Waals surface area contributed by atoms with Crippen LogP contribution in [0.3, 0.4) is 0 Å². The lowest BCUT2D eigenvalue weighted by atomic mass is 10.1. The minimum absolute atomic E-state index is 0.182. The van der Waals surface area contributed by atoms with Crippen LogP contribution < -0.4 is 15.8 Å². The van der Waals surface area contributed by atoms with Gasteiger partial charge >= 0.3 is 0 Å². The van der Waals surface area contributed by atoms with Crippen LogP contribution in [0.2, 0.25) is 0 Å². The van der Waals surface area contributed by atoms with Gasteiger partial charge in [-0.05, 0) is 36.8 Å². The summed E-state index contributed by atoms with van der Waals surface area (Å²) in [4.78, 5) is 25.6. The molecule has 1 saturated heterocycles. The fourth-order valence-corrected chi connectivity index (χ4v) is 3.48. The van der Waals surface area contributed by atoms with Gasteiger partial charge in [-0.25, -0.2) is 0 Å². The second-order valence-corrected chi connectivity index (χ2v) is 6.98. The molecule has 2 aromatic carbocycles. The summed E-state index contributed by atoms with van der Waals surface area (Å²) in [6, 6.07) is 13.3. The summed E-state index contributed by atoms with van der Waals surface area (Å²) in [5, 5.41) is 2.07. The number of ether oxygens (including phenoxy) is 1. The van der Waals surface area contributed by atoms with Gasteiger partial charge in [-0.3, -0.25) is 20.4 Å². The molecule has 1 unspecified atom stereocenters. The van der Waals surface area contributed by atoms with Crippen LogP contribution in [0.25, 0.3) is 10.8 Å². The first kappa shape index (κ1) is 18.4. The van der Waals surface area contributed by atoms with Crippen molar-refractivity contribution in [3.8, 4) is 0 Å². The highest BCUT2D eigenvalue weighted by Gasteiger charge is 2.25. The van der Waals surface area contributed by atoms with E-state index in [9.17, 15) is 9.59 Å². The average molecular weight is 356 g/mol. The van der Waals surface area contributed by atoms with Gasteiger partial charge < -0.3 is 9.64 Å². The third kappa shape index (κ3) is 4.80. The highest BCUT2D eigenvalue weighted by atomic mass is 16.5. The first-order valence-electron chi connectivity index (χ1n) is 9.08. The lowest BCUT2D eigenvalue weighted by Gasteiger charge is -2.32. The molecule has 0 aliphatic carbocycles. The zero-order valence-electron chi connectivity index (χ0n) is 15.2. The van der Waals surface area contributed by atoms with Gasteiger partial charge in [0.25, 0.3) is 5.91 Å². The molecule has 0 bridgehead atoms. The van der Waals surface area contributed by atoms with Crippen LogP contribution in [0, 0.1) is 0 Å². The SMILES string of the molecule is C[C@@H]1C[NH+](CCC(=O)NNC(=O)c2ccc3ccccc3c2)C[C@H](C)O1. The second-order valence-electron chi connectivity index (χ2n) is 6.98. The molecule has 1 heterocycles. The molecule has 0 spiro atoms. The molecule has 2 amide bonds. The minimum Gasteiger partial charge on any atom is -0.364 e. The van der Waals surface area contributed by atoms with E-state index in [-0.39, 0.29) is 24.0 Å².